The number of amides is 3. The van der Waals surface area contributed by atoms with E-state index in [2.05, 4.69) is 10.6 Å². The molecule has 2 aromatic carbocycles. The van der Waals surface area contributed by atoms with Crippen LogP contribution < -0.4 is 10.6 Å². The van der Waals surface area contributed by atoms with Gasteiger partial charge in [-0.3, -0.25) is 9.59 Å². The molecule has 0 bridgehead atoms. The average Bonchev–Trinajstić information content (AvgIpc) is 2.82. The number of phenolic OH excluding ortho intramolecular Hbond substituents is 1. The van der Waals surface area contributed by atoms with Crippen molar-refractivity contribution < 1.29 is 29.3 Å². The monoisotopic (exact) mass is 513 g/mol. The van der Waals surface area contributed by atoms with Gasteiger partial charge in [0.25, 0.3) is 5.91 Å². The molecule has 0 aromatic heterocycles. The van der Waals surface area contributed by atoms with Crippen molar-refractivity contribution in [2.24, 2.45) is 0 Å². The highest BCUT2D eigenvalue weighted by molar-refractivity contribution is 5.99. The number of rotatable bonds is 11. The van der Waals surface area contributed by atoms with Gasteiger partial charge >= 0.3 is 6.09 Å². The molecule has 0 aliphatic heterocycles. The van der Waals surface area contributed by atoms with Crippen LogP contribution in [0.3, 0.4) is 0 Å². The maximum Gasteiger partial charge on any atom is 0.408 e. The predicted molar refractivity (Wildman–Crippen MR) is 142 cm³/mol. The number of aliphatic hydroxyl groups excluding tert-OH is 1. The standard InChI is InChI=1S/C28H39N3O6/c1-6-7-10-16-31(26(35)23(18-32)30-27(36)37-28(3,4)5)24(20-13-11-14-21(33)17-20)25(34)29-22-15-9-8-12-19(22)2/h8-9,11-15,17,23-24,32-33H,6-7,10,16,18H2,1-5H3,(H,29,34)(H,30,36). The fourth-order valence-electron chi connectivity index (χ4n) is 3.82. The number of hydrogen-bond acceptors (Lipinski definition) is 6. The zero-order chi connectivity index (χ0) is 27.6. The Morgan fingerprint density at radius 1 is 1.05 bits per heavy atom. The molecule has 9 nitrogen and oxygen atoms in total. The van der Waals surface area contributed by atoms with Gasteiger partial charge in [0, 0.05) is 12.2 Å². The Hall–Kier alpha value is -3.59. The van der Waals surface area contributed by atoms with E-state index in [0.717, 1.165) is 18.4 Å². The summed E-state index contributed by atoms with van der Waals surface area (Å²) in [6.07, 6.45) is 1.43. The smallest absolute Gasteiger partial charge is 0.408 e. The SMILES string of the molecule is CCCCCN(C(=O)C(CO)NC(=O)OC(C)(C)C)C(C(=O)Nc1ccccc1C)c1cccc(O)c1. The lowest BCUT2D eigenvalue weighted by Crippen LogP contribution is -2.54. The molecule has 4 N–H and O–H groups in total. The molecule has 0 fully saturated rings. The lowest BCUT2D eigenvalue weighted by atomic mass is 10.0. The number of hydrogen-bond donors (Lipinski definition) is 4. The van der Waals surface area contributed by atoms with Gasteiger partial charge < -0.3 is 30.5 Å². The average molecular weight is 514 g/mol. The summed E-state index contributed by atoms with van der Waals surface area (Å²) >= 11 is 0. The topological polar surface area (TPSA) is 128 Å². The number of nitrogens with zero attached hydrogens (tertiary/aromatic N) is 1. The third-order valence-corrected chi connectivity index (χ3v) is 5.61. The molecular formula is C28H39N3O6. The quantitative estimate of drug-likeness (QED) is 0.332. The molecule has 2 unspecified atom stereocenters. The Kier molecular flexibility index (Phi) is 10.9. The van der Waals surface area contributed by atoms with Crippen LogP contribution in [0.2, 0.25) is 0 Å². The minimum atomic E-state index is -1.33. The van der Waals surface area contributed by atoms with E-state index < -0.39 is 42.2 Å². The molecule has 0 radical (unpaired) electrons. The number of anilines is 1. The maximum absolute atomic E-state index is 13.7. The second kappa shape index (κ2) is 13.6. The number of aromatic hydroxyl groups is 1. The number of alkyl carbamates (subject to hydrolysis) is 1. The molecule has 37 heavy (non-hydrogen) atoms. The molecule has 2 atom stereocenters. The first-order valence-corrected chi connectivity index (χ1v) is 12.5. The fourth-order valence-corrected chi connectivity index (χ4v) is 3.82. The zero-order valence-corrected chi connectivity index (χ0v) is 22.3. The van der Waals surface area contributed by atoms with Gasteiger partial charge in [-0.15, -0.1) is 0 Å². The number of para-hydroxylation sites is 1. The van der Waals surface area contributed by atoms with E-state index in [0.29, 0.717) is 17.7 Å². The Morgan fingerprint density at radius 2 is 1.76 bits per heavy atom. The number of aliphatic hydroxyl groups is 1. The second-order valence-electron chi connectivity index (χ2n) is 9.92. The number of aryl methyl sites for hydroxylation is 1. The highest BCUT2D eigenvalue weighted by atomic mass is 16.6. The van der Waals surface area contributed by atoms with E-state index in [1.165, 1.54) is 17.0 Å². The van der Waals surface area contributed by atoms with Gasteiger partial charge in [-0.05, 0) is 63.4 Å². The van der Waals surface area contributed by atoms with Crippen LogP contribution in [0.25, 0.3) is 0 Å². The normalized spacial score (nSPS) is 12.8. The van der Waals surface area contributed by atoms with E-state index in [9.17, 15) is 24.6 Å². The Labute approximate surface area is 218 Å². The van der Waals surface area contributed by atoms with Gasteiger partial charge in [0.2, 0.25) is 5.91 Å². The first-order valence-electron chi connectivity index (χ1n) is 12.5. The van der Waals surface area contributed by atoms with Crippen molar-refractivity contribution in [1.82, 2.24) is 10.2 Å². The fraction of sp³-hybridized carbons (Fsp3) is 0.464. The number of carbonyl (C=O) groups is 3. The van der Waals surface area contributed by atoms with Gasteiger partial charge in [0.1, 0.15) is 23.4 Å². The van der Waals surface area contributed by atoms with Crippen LogP contribution in [0, 0.1) is 6.92 Å². The summed E-state index contributed by atoms with van der Waals surface area (Å²) in [4.78, 5) is 41.2. The minimum absolute atomic E-state index is 0.0577. The summed E-state index contributed by atoms with van der Waals surface area (Å²) in [7, 11) is 0. The van der Waals surface area contributed by atoms with Gasteiger partial charge in [-0.2, -0.15) is 0 Å². The van der Waals surface area contributed by atoms with Crippen molar-refractivity contribution in [3.05, 3.63) is 59.7 Å². The Balaban J connectivity index is 2.48. The molecule has 0 aliphatic rings. The molecule has 0 saturated heterocycles. The van der Waals surface area contributed by atoms with Gasteiger partial charge in [-0.25, -0.2) is 4.79 Å². The zero-order valence-electron chi connectivity index (χ0n) is 22.3. The summed E-state index contributed by atoms with van der Waals surface area (Å²) in [6, 6.07) is 10.9. The molecule has 202 valence electrons. The molecule has 0 spiro atoms. The van der Waals surface area contributed by atoms with Crippen molar-refractivity contribution in [3.8, 4) is 5.75 Å². The molecule has 0 saturated carbocycles. The number of benzene rings is 2. The molecule has 9 heteroatoms. The first kappa shape index (κ1) is 29.6. The summed E-state index contributed by atoms with van der Waals surface area (Å²) in [5.74, 6) is -1.19. The van der Waals surface area contributed by atoms with Crippen LogP contribution in [0.5, 0.6) is 5.75 Å². The lowest BCUT2D eigenvalue weighted by molar-refractivity contribution is -0.141. The third kappa shape index (κ3) is 9.09. The van der Waals surface area contributed by atoms with Crippen molar-refractivity contribution in [3.63, 3.8) is 0 Å². The molecule has 0 aliphatic carbocycles. The van der Waals surface area contributed by atoms with Crippen molar-refractivity contribution >= 4 is 23.6 Å². The number of nitrogens with one attached hydrogen (secondary N) is 2. The molecule has 0 heterocycles. The van der Waals surface area contributed by atoms with Gasteiger partial charge in [-0.1, -0.05) is 50.1 Å². The first-order chi connectivity index (χ1) is 17.5. The van der Waals surface area contributed by atoms with Crippen molar-refractivity contribution in [2.45, 2.75) is 71.6 Å². The van der Waals surface area contributed by atoms with Crippen LogP contribution in [-0.2, 0) is 14.3 Å². The highest BCUT2D eigenvalue weighted by Crippen LogP contribution is 2.28. The summed E-state index contributed by atoms with van der Waals surface area (Å²) < 4.78 is 5.25. The van der Waals surface area contributed by atoms with Gasteiger partial charge in [0.05, 0.1) is 6.61 Å². The van der Waals surface area contributed by atoms with Crippen LogP contribution in [0.4, 0.5) is 10.5 Å². The molecule has 3 amide bonds. The molecule has 2 rings (SSSR count). The van der Waals surface area contributed by atoms with Crippen molar-refractivity contribution in [1.29, 1.82) is 0 Å². The Bertz CT molecular complexity index is 1070. The van der Waals surface area contributed by atoms with Crippen LogP contribution >= 0.6 is 0 Å². The number of ether oxygens (including phenoxy) is 1. The summed E-state index contributed by atoms with van der Waals surface area (Å²) in [5, 5.41) is 25.5. The van der Waals surface area contributed by atoms with Crippen LogP contribution in [-0.4, -0.2) is 57.8 Å². The maximum atomic E-state index is 13.7. The van der Waals surface area contributed by atoms with Crippen LogP contribution in [0.15, 0.2) is 48.5 Å². The lowest BCUT2D eigenvalue weighted by Gasteiger charge is -2.34. The van der Waals surface area contributed by atoms with E-state index >= 15 is 0 Å². The summed E-state index contributed by atoms with van der Waals surface area (Å²) in [6.45, 7) is 8.45. The second-order valence-corrected chi connectivity index (χ2v) is 9.92. The number of carbonyl (C=O) groups excluding carboxylic acids is 3. The largest absolute Gasteiger partial charge is 0.508 e. The Morgan fingerprint density at radius 3 is 2.35 bits per heavy atom. The van der Waals surface area contributed by atoms with E-state index in [1.807, 2.05) is 26.0 Å². The van der Waals surface area contributed by atoms with Gasteiger partial charge in [0.15, 0.2) is 0 Å². The third-order valence-electron chi connectivity index (χ3n) is 5.61. The molecule has 2 aromatic rings. The van der Waals surface area contributed by atoms with E-state index in [1.54, 1.807) is 45.0 Å². The highest BCUT2D eigenvalue weighted by Gasteiger charge is 2.36. The number of phenols is 1. The predicted octanol–water partition coefficient (Wildman–Crippen LogP) is 4.28. The van der Waals surface area contributed by atoms with E-state index in [-0.39, 0.29) is 12.3 Å². The minimum Gasteiger partial charge on any atom is -0.508 e. The molecular weight excluding hydrogens is 474 g/mol. The van der Waals surface area contributed by atoms with Crippen molar-refractivity contribution in [2.75, 3.05) is 18.5 Å². The number of unbranched alkanes of at least 4 members (excludes halogenated alkanes) is 2. The summed E-state index contributed by atoms with van der Waals surface area (Å²) in [5.41, 5.74) is 1.02. The van der Waals surface area contributed by atoms with E-state index in [4.69, 9.17) is 4.74 Å². The van der Waals surface area contributed by atoms with Crippen LogP contribution in [0.1, 0.15) is 64.1 Å².